The Labute approximate surface area is 75.7 Å². The Morgan fingerprint density at radius 1 is 1.17 bits per heavy atom. The van der Waals surface area contributed by atoms with Crippen molar-refractivity contribution in [3.05, 3.63) is 0 Å². The van der Waals surface area contributed by atoms with Crippen LogP contribution in [0.3, 0.4) is 0 Å². The number of hydrogen-bond acceptors (Lipinski definition) is 1. The molecular formula is C11H21N. The number of rotatable bonds is 2. The van der Waals surface area contributed by atoms with E-state index in [2.05, 4.69) is 6.92 Å². The predicted octanol–water partition coefficient (Wildman–Crippen LogP) is 2.55. The standard InChI is InChI=1S/C11H21N/c1-8(12)10-7-11(10)9-5-3-2-4-6-9/h8-11H,2-7,12H2,1H3. The van der Waals surface area contributed by atoms with E-state index in [1.807, 2.05) is 0 Å². The fourth-order valence-corrected chi connectivity index (χ4v) is 2.94. The van der Waals surface area contributed by atoms with Gasteiger partial charge in [-0.3, -0.25) is 0 Å². The third-order valence-electron chi connectivity index (χ3n) is 3.82. The minimum absolute atomic E-state index is 0.455. The van der Waals surface area contributed by atoms with Gasteiger partial charge in [0.1, 0.15) is 0 Å². The van der Waals surface area contributed by atoms with E-state index in [9.17, 15) is 0 Å². The Morgan fingerprint density at radius 3 is 2.33 bits per heavy atom. The van der Waals surface area contributed by atoms with E-state index in [0.717, 1.165) is 17.8 Å². The molecule has 0 radical (unpaired) electrons. The maximum atomic E-state index is 5.89. The Hall–Kier alpha value is -0.0400. The molecule has 3 atom stereocenters. The number of nitrogens with two attached hydrogens (primary N) is 1. The van der Waals surface area contributed by atoms with Crippen LogP contribution in [-0.4, -0.2) is 6.04 Å². The molecule has 2 rings (SSSR count). The van der Waals surface area contributed by atoms with E-state index < -0.39 is 0 Å². The second-order valence-electron chi connectivity index (χ2n) is 4.82. The van der Waals surface area contributed by atoms with Gasteiger partial charge in [0.15, 0.2) is 0 Å². The lowest BCUT2D eigenvalue weighted by molar-refractivity contribution is 0.304. The summed E-state index contributed by atoms with van der Waals surface area (Å²) in [5.41, 5.74) is 5.89. The third-order valence-corrected chi connectivity index (χ3v) is 3.82. The molecular weight excluding hydrogens is 146 g/mol. The van der Waals surface area contributed by atoms with E-state index in [-0.39, 0.29) is 0 Å². The lowest BCUT2D eigenvalue weighted by Gasteiger charge is -2.22. The zero-order valence-electron chi connectivity index (χ0n) is 8.13. The second-order valence-corrected chi connectivity index (χ2v) is 4.82. The molecule has 0 saturated heterocycles. The summed E-state index contributed by atoms with van der Waals surface area (Å²) in [6, 6.07) is 0.455. The van der Waals surface area contributed by atoms with Crippen LogP contribution in [-0.2, 0) is 0 Å². The quantitative estimate of drug-likeness (QED) is 0.672. The first-order valence-electron chi connectivity index (χ1n) is 5.54. The van der Waals surface area contributed by atoms with Crippen LogP contribution >= 0.6 is 0 Å². The molecule has 0 amide bonds. The summed E-state index contributed by atoms with van der Waals surface area (Å²) < 4.78 is 0. The van der Waals surface area contributed by atoms with Crippen LogP contribution in [0, 0.1) is 17.8 Å². The molecule has 2 fully saturated rings. The van der Waals surface area contributed by atoms with E-state index in [0.29, 0.717) is 6.04 Å². The van der Waals surface area contributed by atoms with Crippen molar-refractivity contribution in [2.24, 2.45) is 23.5 Å². The summed E-state index contributed by atoms with van der Waals surface area (Å²) in [6.45, 7) is 2.17. The molecule has 2 saturated carbocycles. The van der Waals surface area contributed by atoms with Crippen molar-refractivity contribution in [1.82, 2.24) is 0 Å². The van der Waals surface area contributed by atoms with Gasteiger partial charge in [-0.1, -0.05) is 32.1 Å². The summed E-state index contributed by atoms with van der Waals surface area (Å²) in [5, 5.41) is 0. The minimum atomic E-state index is 0.455. The van der Waals surface area contributed by atoms with E-state index >= 15 is 0 Å². The summed E-state index contributed by atoms with van der Waals surface area (Å²) in [4.78, 5) is 0. The van der Waals surface area contributed by atoms with E-state index in [4.69, 9.17) is 5.73 Å². The first kappa shape index (κ1) is 8.55. The first-order chi connectivity index (χ1) is 5.79. The molecule has 1 heteroatoms. The monoisotopic (exact) mass is 167 g/mol. The van der Waals surface area contributed by atoms with Crippen LogP contribution in [0.15, 0.2) is 0 Å². The zero-order chi connectivity index (χ0) is 8.55. The Kier molecular flexibility index (Phi) is 2.40. The van der Waals surface area contributed by atoms with Crippen molar-refractivity contribution < 1.29 is 0 Å². The average Bonchev–Trinajstić information content (AvgIpc) is 2.84. The molecule has 2 N–H and O–H groups in total. The van der Waals surface area contributed by atoms with Crippen molar-refractivity contribution in [3.8, 4) is 0 Å². The van der Waals surface area contributed by atoms with E-state index in [1.54, 1.807) is 0 Å². The summed E-state index contributed by atoms with van der Waals surface area (Å²) in [7, 11) is 0. The third kappa shape index (κ3) is 1.66. The Balaban J connectivity index is 1.79. The van der Waals surface area contributed by atoms with Crippen molar-refractivity contribution in [2.75, 3.05) is 0 Å². The van der Waals surface area contributed by atoms with Crippen molar-refractivity contribution in [3.63, 3.8) is 0 Å². The summed E-state index contributed by atoms with van der Waals surface area (Å²) >= 11 is 0. The maximum Gasteiger partial charge on any atom is 0.00416 e. The normalized spacial score (nSPS) is 39.5. The van der Waals surface area contributed by atoms with Crippen LogP contribution in [0.2, 0.25) is 0 Å². The Bertz CT molecular complexity index is 147. The highest BCUT2D eigenvalue weighted by atomic mass is 14.7. The molecule has 70 valence electrons. The van der Waals surface area contributed by atoms with E-state index in [1.165, 1.54) is 38.5 Å². The van der Waals surface area contributed by atoms with Gasteiger partial charge in [-0.2, -0.15) is 0 Å². The minimum Gasteiger partial charge on any atom is -0.328 e. The fraction of sp³-hybridized carbons (Fsp3) is 1.00. The summed E-state index contributed by atoms with van der Waals surface area (Å²) in [6.07, 6.45) is 8.86. The molecule has 12 heavy (non-hydrogen) atoms. The van der Waals surface area contributed by atoms with Gasteiger partial charge in [-0.15, -0.1) is 0 Å². The first-order valence-corrected chi connectivity index (χ1v) is 5.54. The molecule has 0 aromatic carbocycles. The molecule has 3 unspecified atom stereocenters. The molecule has 0 aromatic heterocycles. The summed E-state index contributed by atoms with van der Waals surface area (Å²) in [5.74, 6) is 2.95. The van der Waals surface area contributed by atoms with Gasteiger partial charge in [-0.25, -0.2) is 0 Å². The van der Waals surface area contributed by atoms with Gasteiger partial charge < -0.3 is 5.73 Å². The molecule has 2 aliphatic carbocycles. The van der Waals surface area contributed by atoms with Crippen molar-refractivity contribution in [2.45, 2.75) is 51.5 Å². The largest absolute Gasteiger partial charge is 0.328 e. The van der Waals surface area contributed by atoms with Gasteiger partial charge in [0, 0.05) is 6.04 Å². The van der Waals surface area contributed by atoms with Gasteiger partial charge >= 0.3 is 0 Å². The van der Waals surface area contributed by atoms with Crippen LogP contribution in [0.1, 0.15) is 45.4 Å². The Morgan fingerprint density at radius 2 is 1.83 bits per heavy atom. The molecule has 1 nitrogen and oxygen atoms in total. The van der Waals surface area contributed by atoms with Crippen LogP contribution in [0.4, 0.5) is 0 Å². The lowest BCUT2D eigenvalue weighted by Crippen LogP contribution is -2.20. The highest BCUT2D eigenvalue weighted by Gasteiger charge is 2.44. The highest BCUT2D eigenvalue weighted by Crippen LogP contribution is 2.50. The molecule has 0 heterocycles. The lowest BCUT2D eigenvalue weighted by atomic mass is 9.84. The molecule has 2 aliphatic rings. The fourth-order valence-electron chi connectivity index (χ4n) is 2.94. The maximum absolute atomic E-state index is 5.89. The zero-order valence-corrected chi connectivity index (χ0v) is 8.13. The van der Waals surface area contributed by atoms with Crippen molar-refractivity contribution >= 4 is 0 Å². The highest BCUT2D eigenvalue weighted by molar-refractivity contribution is 4.95. The molecule has 0 bridgehead atoms. The molecule has 0 spiro atoms. The van der Waals surface area contributed by atoms with Gasteiger partial charge in [0.05, 0.1) is 0 Å². The predicted molar refractivity (Wildman–Crippen MR) is 51.8 cm³/mol. The van der Waals surface area contributed by atoms with Gasteiger partial charge in [0.25, 0.3) is 0 Å². The van der Waals surface area contributed by atoms with Gasteiger partial charge in [-0.05, 0) is 31.1 Å². The number of hydrogen-bond donors (Lipinski definition) is 1. The van der Waals surface area contributed by atoms with Crippen LogP contribution in [0.25, 0.3) is 0 Å². The average molecular weight is 167 g/mol. The SMILES string of the molecule is CC(N)C1CC1C1CCCCC1. The molecule has 0 aliphatic heterocycles. The van der Waals surface area contributed by atoms with Crippen LogP contribution < -0.4 is 5.73 Å². The molecule has 0 aromatic rings. The van der Waals surface area contributed by atoms with Crippen molar-refractivity contribution in [1.29, 1.82) is 0 Å². The second kappa shape index (κ2) is 3.37. The van der Waals surface area contributed by atoms with Gasteiger partial charge in [0.2, 0.25) is 0 Å². The topological polar surface area (TPSA) is 26.0 Å². The van der Waals surface area contributed by atoms with Crippen LogP contribution in [0.5, 0.6) is 0 Å². The smallest absolute Gasteiger partial charge is 0.00416 e.